The minimum Gasteiger partial charge on any atom is -0.490 e. The van der Waals surface area contributed by atoms with E-state index in [2.05, 4.69) is 51.7 Å². The van der Waals surface area contributed by atoms with Crippen molar-refractivity contribution < 1.29 is 14.3 Å². The van der Waals surface area contributed by atoms with Crippen molar-refractivity contribution in [3.05, 3.63) is 83.9 Å². The van der Waals surface area contributed by atoms with Crippen LogP contribution in [0.3, 0.4) is 0 Å². The highest BCUT2D eigenvalue weighted by molar-refractivity contribution is 6.01. The van der Waals surface area contributed by atoms with Crippen LogP contribution in [0.4, 0.5) is 0 Å². The smallest absolute Gasteiger partial charge is 0.251 e. The van der Waals surface area contributed by atoms with Gasteiger partial charge in [0.15, 0.2) is 0 Å². The van der Waals surface area contributed by atoms with Gasteiger partial charge in [-0.2, -0.15) is 5.10 Å². The molecule has 3 heterocycles. The standard InChI is InChI=1S/C32H34N4O3/c1-36-24-16-27(17-25(36)19-38-18-24)39-26-12-9-22(10-13-26)31-28-15-23(11-14-29(28)34-35-31)32(37)33-30(21-7-8-21)20-5-3-2-4-6-20/h2-6,9-15,21,24-25,27,30H,7-8,16-19H2,1H3,(H,33,37)(H,34,35). The van der Waals surface area contributed by atoms with E-state index in [9.17, 15) is 4.79 Å². The summed E-state index contributed by atoms with van der Waals surface area (Å²) in [6.07, 6.45) is 4.47. The molecule has 3 aliphatic rings. The maximum absolute atomic E-state index is 13.3. The third-order valence-corrected chi connectivity index (χ3v) is 8.64. The maximum Gasteiger partial charge on any atom is 0.251 e. The normalized spacial score (nSPS) is 23.9. The quantitative estimate of drug-likeness (QED) is 0.342. The van der Waals surface area contributed by atoms with E-state index in [1.54, 1.807) is 0 Å². The predicted molar refractivity (Wildman–Crippen MR) is 151 cm³/mol. The number of fused-ring (bicyclic) bond motifs is 3. The van der Waals surface area contributed by atoms with Crippen LogP contribution >= 0.6 is 0 Å². The largest absolute Gasteiger partial charge is 0.490 e. The molecule has 3 atom stereocenters. The summed E-state index contributed by atoms with van der Waals surface area (Å²) in [5.74, 6) is 1.33. The molecule has 0 radical (unpaired) electrons. The summed E-state index contributed by atoms with van der Waals surface area (Å²) in [7, 11) is 2.20. The van der Waals surface area contributed by atoms with Gasteiger partial charge in [-0.3, -0.25) is 14.8 Å². The fourth-order valence-electron chi connectivity index (χ4n) is 6.19. The van der Waals surface area contributed by atoms with Crippen molar-refractivity contribution in [1.82, 2.24) is 20.4 Å². The number of benzene rings is 3. The third-order valence-electron chi connectivity index (χ3n) is 8.64. The summed E-state index contributed by atoms with van der Waals surface area (Å²) in [5.41, 5.74) is 4.53. The molecule has 2 saturated heterocycles. The molecule has 4 aromatic rings. The van der Waals surface area contributed by atoms with Crippen LogP contribution in [0.15, 0.2) is 72.8 Å². The van der Waals surface area contributed by atoms with Crippen molar-refractivity contribution in [3.8, 4) is 17.0 Å². The number of hydrogen-bond donors (Lipinski definition) is 2. The number of likely N-dealkylation sites (N-methyl/N-ethyl adjacent to an activating group) is 1. The van der Waals surface area contributed by atoms with Crippen LogP contribution in [-0.4, -0.2) is 59.5 Å². The molecule has 39 heavy (non-hydrogen) atoms. The van der Waals surface area contributed by atoms with Crippen molar-refractivity contribution >= 4 is 16.8 Å². The first kappa shape index (κ1) is 24.4. The van der Waals surface area contributed by atoms with E-state index < -0.39 is 0 Å². The Balaban J connectivity index is 1.08. The number of piperidine rings is 1. The Labute approximate surface area is 228 Å². The number of ether oxygens (including phenoxy) is 2. The highest BCUT2D eigenvalue weighted by Crippen LogP contribution is 2.41. The van der Waals surface area contributed by atoms with Crippen molar-refractivity contribution in [2.45, 2.75) is 49.9 Å². The molecule has 7 heteroatoms. The van der Waals surface area contributed by atoms with E-state index in [4.69, 9.17) is 9.47 Å². The van der Waals surface area contributed by atoms with Crippen LogP contribution in [0.2, 0.25) is 0 Å². The molecule has 3 fully saturated rings. The van der Waals surface area contributed by atoms with Crippen LogP contribution in [0.1, 0.15) is 47.6 Å². The molecule has 2 bridgehead atoms. The molecule has 0 spiro atoms. The number of carbonyl (C=O) groups excluding carboxylic acids is 1. The molecule has 1 amide bonds. The summed E-state index contributed by atoms with van der Waals surface area (Å²) < 4.78 is 12.1. The van der Waals surface area contributed by atoms with Gasteiger partial charge in [0.25, 0.3) is 5.91 Å². The van der Waals surface area contributed by atoms with Crippen molar-refractivity contribution in [2.24, 2.45) is 5.92 Å². The molecule has 2 N–H and O–H groups in total. The zero-order valence-electron chi connectivity index (χ0n) is 22.2. The summed E-state index contributed by atoms with van der Waals surface area (Å²) in [6.45, 7) is 1.57. The van der Waals surface area contributed by atoms with E-state index in [0.29, 0.717) is 23.6 Å². The molecule has 3 aromatic carbocycles. The molecule has 7 rings (SSSR count). The van der Waals surface area contributed by atoms with Gasteiger partial charge in [-0.1, -0.05) is 30.3 Å². The van der Waals surface area contributed by atoms with Crippen LogP contribution in [-0.2, 0) is 4.74 Å². The second-order valence-electron chi connectivity index (χ2n) is 11.3. The topological polar surface area (TPSA) is 79.5 Å². The molecule has 1 aromatic heterocycles. The van der Waals surface area contributed by atoms with Gasteiger partial charge in [0, 0.05) is 41.4 Å². The Morgan fingerprint density at radius 1 is 1.03 bits per heavy atom. The highest BCUT2D eigenvalue weighted by Gasteiger charge is 2.38. The van der Waals surface area contributed by atoms with E-state index in [0.717, 1.165) is 72.4 Å². The molecular weight excluding hydrogens is 488 g/mol. The van der Waals surface area contributed by atoms with E-state index in [1.165, 1.54) is 0 Å². The van der Waals surface area contributed by atoms with Gasteiger partial charge in [-0.05, 0) is 73.8 Å². The first-order valence-corrected chi connectivity index (χ1v) is 14.0. The van der Waals surface area contributed by atoms with Gasteiger partial charge in [0.2, 0.25) is 0 Å². The molecule has 7 nitrogen and oxygen atoms in total. The van der Waals surface area contributed by atoms with E-state index in [-0.39, 0.29) is 18.1 Å². The second kappa shape index (κ2) is 10.1. The number of rotatable bonds is 7. The Hall–Kier alpha value is -3.68. The number of H-pyrrole nitrogens is 1. The molecule has 3 unspecified atom stereocenters. The summed E-state index contributed by atoms with van der Waals surface area (Å²) in [5, 5.41) is 11.9. The average molecular weight is 523 g/mol. The van der Waals surface area contributed by atoms with Gasteiger partial charge in [-0.15, -0.1) is 0 Å². The molecule has 2 aliphatic heterocycles. The fourth-order valence-corrected chi connectivity index (χ4v) is 6.19. The number of aromatic nitrogens is 2. The van der Waals surface area contributed by atoms with Crippen molar-refractivity contribution in [2.75, 3.05) is 20.3 Å². The van der Waals surface area contributed by atoms with Gasteiger partial charge >= 0.3 is 0 Å². The predicted octanol–water partition coefficient (Wildman–Crippen LogP) is 5.35. The second-order valence-corrected chi connectivity index (χ2v) is 11.3. The Kier molecular flexibility index (Phi) is 6.33. The SMILES string of the molecule is CN1C2COCC1CC(Oc1ccc(-c3n[nH]c4ccc(C(=O)NC(c5ccccc5)C5CC5)cc34)cc1)C2. The fraction of sp³-hybridized carbons (Fsp3) is 0.375. The van der Waals surface area contributed by atoms with Gasteiger partial charge in [-0.25, -0.2) is 0 Å². The van der Waals surface area contributed by atoms with Crippen LogP contribution in [0, 0.1) is 5.92 Å². The Morgan fingerprint density at radius 3 is 2.49 bits per heavy atom. The Morgan fingerprint density at radius 2 is 1.77 bits per heavy atom. The molecular formula is C32H34N4O3. The van der Waals surface area contributed by atoms with Crippen molar-refractivity contribution in [3.63, 3.8) is 0 Å². The number of carbonyl (C=O) groups is 1. The van der Waals surface area contributed by atoms with Gasteiger partial charge in [0.05, 0.1) is 30.5 Å². The summed E-state index contributed by atoms with van der Waals surface area (Å²) in [6, 6.07) is 25.1. The van der Waals surface area contributed by atoms with Gasteiger partial charge in [0.1, 0.15) is 11.9 Å². The summed E-state index contributed by atoms with van der Waals surface area (Å²) in [4.78, 5) is 15.8. The summed E-state index contributed by atoms with van der Waals surface area (Å²) >= 11 is 0. The van der Waals surface area contributed by atoms with Crippen LogP contribution in [0.25, 0.3) is 22.2 Å². The van der Waals surface area contributed by atoms with Crippen molar-refractivity contribution in [1.29, 1.82) is 0 Å². The monoisotopic (exact) mass is 522 g/mol. The first-order valence-electron chi connectivity index (χ1n) is 14.0. The van der Waals surface area contributed by atoms with Crippen LogP contribution < -0.4 is 10.1 Å². The third kappa shape index (κ3) is 4.92. The molecule has 1 saturated carbocycles. The zero-order chi connectivity index (χ0) is 26.3. The minimum atomic E-state index is -0.0538. The van der Waals surface area contributed by atoms with Gasteiger partial charge < -0.3 is 14.8 Å². The molecule has 200 valence electrons. The first-order chi connectivity index (χ1) is 19.1. The lowest BCUT2D eigenvalue weighted by molar-refractivity contribution is -0.0879. The lowest BCUT2D eigenvalue weighted by Crippen LogP contribution is -2.57. The number of nitrogens with one attached hydrogen (secondary N) is 2. The Bertz CT molecular complexity index is 1450. The number of hydrogen-bond acceptors (Lipinski definition) is 5. The lowest BCUT2D eigenvalue weighted by atomic mass is 9.92. The average Bonchev–Trinajstić information content (AvgIpc) is 3.71. The van der Waals surface area contributed by atoms with Crippen LogP contribution in [0.5, 0.6) is 5.75 Å². The zero-order valence-corrected chi connectivity index (χ0v) is 22.2. The number of morpholine rings is 1. The van der Waals surface area contributed by atoms with E-state index >= 15 is 0 Å². The maximum atomic E-state index is 13.3. The number of aromatic amines is 1. The number of nitrogens with zero attached hydrogens (tertiary/aromatic N) is 2. The lowest BCUT2D eigenvalue weighted by Gasteiger charge is -2.46. The number of amides is 1. The highest BCUT2D eigenvalue weighted by atomic mass is 16.5. The van der Waals surface area contributed by atoms with E-state index in [1.807, 2.05) is 48.5 Å². The minimum absolute atomic E-state index is 0.0439. The molecule has 1 aliphatic carbocycles.